The van der Waals surface area contributed by atoms with Crippen molar-refractivity contribution in [3.63, 3.8) is 0 Å². The van der Waals surface area contributed by atoms with E-state index in [2.05, 4.69) is 52.7 Å². The number of pyridine rings is 2. The van der Waals surface area contributed by atoms with E-state index in [-0.39, 0.29) is 22.5 Å². The van der Waals surface area contributed by atoms with Gasteiger partial charge in [-0.15, -0.1) is 0 Å². The molecule has 42 heavy (non-hydrogen) atoms. The Balaban J connectivity index is 1.80. The van der Waals surface area contributed by atoms with Gasteiger partial charge in [-0.1, -0.05) is 54.5 Å². The number of aromatic nitrogens is 2. The highest BCUT2D eigenvalue weighted by Crippen LogP contribution is 2.58. The average molecular weight is 607 g/mol. The third-order valence-corrected chi connectivity index (χ3v) is 14.3. The maximum absolute atomic E-state index is 14.5. The van der Waals surface area contributed by atoms with Gasteiger partial charge < -0.3 is 19.1 Å². The lowest BCUT2D eigenvalue weighted by molar-refractivity contribution is -0.626. The second-order valence-electron chi connectivity index (χ2n) is 15.0. The molecule has 1 aliphatic carbocycles. The van der Waals surface area contributed by atoms with Crippen LogP contribution >= 0.6 is 0 Å². The van der Waals surface area contributed by atoms with Gasteiger partial charge in [-0.25, -0.2) is 0 Å². The highest BCUT2D eigenvalue weighted by atomic mass is 28.4. The van der Waals surface area contributed by atoms with Crippen molar-refractivity contribution in [1.82, 2.24) is 4.98 Å². The zero-order valence-corrected chi connectivity index (χ0v) is 27.4. The van der Waals surface area contributed by atoms with Gasteiger partial charge in [0.15, 0.2) is 14.0 Å². The largest absolute Gasteiger partial charge is 0.618 e. The first-order chi connectivity index (χ1) is 19.3. The Bertz CT molecular complexity index is 1340. The Kier molecular flexibility index (Phi) is 7.69. The van der Waals surface area contributed by atoms with Crippen molar-refractivity contribution in [2.45, 2.75) is 122 Å². The standard InChI is InChI=1S/C32H45F3N2O4Si/c1-19(2)27-25-26(24-21(37(27)38)16-30(6,7)17-22(24)41-42(8,9)29(3,4)5)31(12-14-39-15-13-31)40-28(25)20-10-11-23(36-18-20)32(33,34)35/h10-11,18-19,22,28H,12-17H2,1-9H3/t22?,28-/m1/s1. The molecule has 1 spiro atoms. The quantitative estimate of drug-likeness (QED) is 0.200. The molecule has 0 saturated carbocycles. The third-order valence-electron chi connectivity index (χ3n) is 9.83. The number of alkyl halides is 3. The summed E-state index contributed by atoms with van der Waals surface area (Å²) in [6.07, 6.45) is -1.76. The van der Waals surface area contributed by atoms with Crippen molar-refractivity contribution < 1.29 is 31.8 Å². The molecule has 1 unspecified atom stereocenters. The molecular weight excluding hydrogens is 561 g/mol. The number of rotatable bonds is 4. The van der Waals surface area contributed by atoms with Gasteiger partial charge in [0.1, 0.15) is 11.8 Å². The van der Waals surface area contributed by atoms with Crippen molar-refractivity contribution in [3.8, 4) is 0 Å². The minimum absolute atomic E-state index is 0.0372. The minimum Gasteiger partial charge on any atom is -0.618 e. The van der Waals surface area contributed by atoms with Crippen LogP contribution < -0.4 is 4.73 Å². The summed E-state index contributed by atoms with van der Waals surface area (Å²) >= 11 is 0. The Hall–Kier alpha value is -2.01. The molecule has 5 rings (SSSR count). The minimum atomic E-state index is -4.55. The molecule has 0 radical (unpaired) electrons. The van der Waals surface area contributed by atoms with Crippen molar-refractivity contribution in [2.24, 2.45) is 5.41 Å². The van der Waals surface area contributed by atoms with Crippen molar-refractivity contribution in [2.75, 3.05) is 13.2 Å². The van der Waals surface area contributed by atoms with Crippen LogP contribution in [0.5, 0.6) is 0 Å². The molecule has 2 aliphatic heterocycles. The normalized spacial score (nSPS) is 23.7. The summed E-state index contributed by atoms with van der Waals surface area (Å²) < 4.78 is 61.2. The zero-order valence-electron chi connectivity index (χ0n) is 26.4. The molecule has 6 nitrogen and oxygen atoms in total. The molecule has 0 bridgehead atoms. The van der Waals surface area contributed by atoms with Gasteiger partial charge in [0.25, 0.3) is 0 Å². The van der Waals surface area contributed by atoms with Gasteiger partial charge >= 0.3 is 6.18 Å². The van der Waals surface area contributed by atoms with Crippen LogP contribution in [0.25, 0.3) is 0 Å². The van der Waals surface area contributed by atoms with Gasteiger partial charge in [-0.05, 0) is 36.0 Å². The molecule has 1 fully saturated rings. The monoisotopic (exact) mass is 606 g/mol. The first-order valence-corrected chi connectivity index (χ1v) is 18.0. The van der Waals surface area contributed by atoms with Crippen LogP contribution in [0.4, 0.5) is 13.2 Å². The summed E-state index contributed by atoms with van der Waals surface area (Å²) in [6, 6.07) is 2.44. The van der Waals surface area contributed by atoms with E-state index >= 15 is 0 Å². The van der Waals surface area contributed by atoms with Crippen LogP contribution in [0.15, 0.2) is 18.3 Å². The number of hydrogen-bond acceptors (Lipinski definition) is 5. The molecule has 3 aliphatic rings. The fourth-order valence-corrected chi connectivity index (χ4v) is 8.00. The van der Waals surface area contributed by atoms with Gasteiger partial charge in [-0.3, -0.25) is 4.98 Å². The fraction of sp³-hybridized carbons (Fsp3) is 0.688. The summed E-state index contributed by atoms with van der Waals surface area (Å²) in [5.74, 6) is -0.144. The molecule has 2 aromatic rings. The number of halogens is 3. The Labute approximate surface area is 248 Å². The number of fused-ring (bicyclic) bond motifs is 4. The molecule has 0 amide bonds. The van der Waals surface area contributed by atoms with Gasteiger partial charge in [0.05, 0.1) is 22.8 Å². The van der Waals surface area contributed by atoms with E-state index in [1.165, 1.54) is 12.3 Å². The first-order valence-electron chi connectivity index (χ1n) is 15.1. The lowest BCUT2D eigenvalue weighted by Crippen LogP contribution is -2.49. The Morgan fingerprint density at radius 1 is 1.10 bits per heavy atom. The summed E-state index contributed by atoms with van der Waals surface area (Å²) in [7, 11) is -2.27. The number of ether oxygens (including phenoxy) is 2. The van der Waals surface area contributed by atoms with Crippen LogP contribution in [0.2, 0.25) is 18.1 Å². The van der Waals surface area contributed by atoms with E-state index in [0.717, 1.165) is 39.6 Å². The molecule has 1 saturated heterocycles. The molecule has 0 aromatic carbocycles. The van der Waals surface area contributed by atoms with Crippen molar-refractivity contribution >= 4 is 8.32 Å². The van der Waals surface area contributed by atoms with Gasteiger partial charge in [0, 0.05) is 55.7 Å². The summed E-state index contributed by atoms with van der Waals surface area (Å²) in [5.41, 5.74) is 2.70. The summed E-state index contributed by atoms with van der Waals surface area (Å²) in [4.78, 5) is 3.76. The maximum atomic E-state index is 14.5. The van der Waals surface area contributed by atoms with E-state index in [0.29, 0.717) is 43.7 Å². The fourth-order valence-electron chi connectivity index (χ4n) is 6.73. The lowest BCUT2D eigenvalue weighted by atomic mass is 9.69. The highest BCUT2D eigenvalue weighted by molar-refractivity contribution is 6.74. The smallest absolute Gasteiger partial charge is 0.433 e. The van der Waals surface area contributed by atoms with E-state index in [9.17, 15) is 18.4 Å². The lowest BCUT2D eigenvalue weighted by Gasteiger charge is -2.45. The number of nitrogens with zero attached hydrogens (tertiary/aromatic N) is 2. The second kappa shape index (κ2) is 10.3. The van der Waals surface area contributed by atoms with E-state index in [4.69, 9.17) is 13.9 Å². The first kappa shape index (κ1) is 31.4. The van der Waals surface area contributed by atoms with Crippen LogP contribution in [0.3, 0.4) is 0 Å². The zero-order chi connectivity index (χ0) is 31.0. The summed E-state index contributed by atoms with van der Waals surface area (Å²) in [5, 5.41) is 14.4. The van der Waals surface area contributed by atoms with Crippen molar-refractivity contribution in [3.05, 3.63) is 62.9 Å². The predicted octanol–water partition coefficient (Wildman–Crippen LogP) is 8.02. The van der Waals surface area contributed by atoms with Crippen LogP contribution in [0.1, 0.15) is 125 Å². The Morgan fingerprint density at radius 2 is 1.74 bits per heavy atom. The molecule has 10 heteroatoms. The number of hydrogen-bond donors (Lipinski definition) is 0. The Morgan fingerprint density at radius 3 is 2.26 bits per heavy atom. The molecule has 4 heterocycles. The van der Waals surface area contributed by atoms with Crippen molar-refractivity contribution in [1.29, 1.82) is 0 Å². The molecular formula is C32H45F3N2O4Si. The molecule has 232 valence electrons. The van der Waals surface area contributed by atoms with Crippen LogP contribution in [0, 0.1) is 10.6 Å². The molecule has 0 N–H and O–H groups in total. The topological polar surface area (TPSA) is 67.5 Å². The van der Waals surface area contributed by atoms with E-state index in [1.807, 2.05) is 13.8 Å². The second-order valence-corrected chi connectivity index (χ2v) is 19.7. The predicted molar refractivity (Wildman–Crippen MR) is 157 cm³/mol. The van der Waals surface area contributed by atoms with Gasteiger partial charge in [0.2, 0.25) is 5.69 Å². The maximum Gasteiger partial charge on any atom is 0.433 e. The van der Waals surface area contributed by atoms with Gasteiger partial charge in [-0.2, -0.15) is 17.9 Å². The van der Waals surface area contributed by atoms with E-state index in [1.54, 1.807) is 0 Å². The van der Waals surface area contributed by atoms with E-state index < -0.39 is 31.9 Å². The highest BCUT2D eigenvalue weighted by Gasteiger charge is 2.56. The third kappa shape index (κ3) is 5.30. The molecule has 2 aromatic heterocycles. The SMILES string of the molecule is CC(C)c1c2c(c3c([n+]1[O-])CC(C)(C)CC3O[Si](C)(C)C(C)(C)C)C1(CCOCC1)O[C@@H]2c1ccc(C(F)(F)F)nc1. The van der Waals surface area contributed by atoms with Crippen LogP contribution in [-0.2, 0) is 32.1 Å². The summed E-state index contributed by atoms with van der Waals surface area (Å²) in [6.45, 7) is 20.5. The average Bonchev–Trinajstić information content (AvgIpc) is 3.16. The molecule has 2 atom stereocenters. The van der Waals surface area contributed by atoms with Crippen LogP contribution in [-0.4, -0.2) is 26.5 Å².